The molecule has 0 saturated heterocycles. The van der Waals surface area contributed by atoms with Gasteiger partial charge < -0.3 is 4.74 Å². The number of quaternary nitrogens is 1. The average Bonchev–Trinajstić information content (AvgIpc) is 2.16. The molecule has 76 valence electrons. The lowest BCUT2D eigenvalue weighted by atomic mass is 10.00. The van der Waals surface area contributed by atoms with E-state index in [1.165, 1.54) is 30.6 Å². The molecule has 1 aliphatic heterocycles. The number of fused-ring (bicyclic) bond motifs is 1. The Balaban J connectivity index is 2.46. The van der Waals surface area contributed by atoms with Gasteiger partial charge in [0.1, 0.15) is 11.4 Å². The highest BCUT2D eigenvalue weighted by Crippen LogP contribution is 2.32. The lowest BCUT2D eigenvalue weighted by molar-refractivity contribution is 0.366. The van der Waals surface area contributed by atoms with Crippen molar-refractivity contribution in [1.29, 1.82) is 0 Å². The van der Waals surface area contributed by atoms with Crippen LogP contribution < -0.4 is 9.22 Å². The van der Waals surface area contributed by atoms with E-state index in [4.69, 9.17) is 4.74 Å². The maximum atomic E-state index is 5.24. The van der Waals surface area contributed by atoms with Crippen molar-refractivity contribution in [3.05, 3.63) is 23.8 Å². The zero-order valence-electron chi connectivity index (χ0n) is 9.21. The van der Waals surface area contributed by atoms with Gasteiger partial charge in [-0.3, -0.25) is 4.48 Å². The van der Waals surface area contributed by atoms with Gasteiger partial charge in [0, 0.05) is 18.1 Å². The maximum Gasteiger partial charge on any atom is 0.135 e. The Hall–Kier alpha value is -1.02. The minimum absolute atomic E-state index is 0.977. The van der Waals surface area contributed by atoms with Crippen LogP contribution in [0.3, 0.4) is 0 Å². The van der Waals surface area contributed by atoms with Crippen molar-refractivity contribution in [1.82, 2.24) is 4.48 Å². The Morgan fingerprint density at radius 1 is 1.29 bits per heavy atom. The van der Waals surface area contributed by atoms with E-state index in [1.807, 2.05) is 0 Å². The van der Waals surface area contributed by atoms with Gasteiger partial charge in [-0.2, -0.15) is 0 Å². The summed E-state index contributed by atoms with van der Waals surface area (Å²) in [5, 5.41) is 0. The van der Waals surface area contributed by atoms with Crippen molar-refractivity contribution in [2.24, 2.45) is 0 Å². The summed E-state index contributed by atoms with van der Waals surface area (Å²) in [6.07, 6.45) is 2.46. The van der Waals surface area contributed by atoms with E-state index in [0.717, 1.165) is 10.2 Å². The summed E-state index contributed by atoms with van der Waals surface area (Å²) in [5.41, 5.74) is 2.89. The monoisotopic (exact) mass is 192 g/mol. The molecule has 0 aromatic heterocycles. The molecule has 2 nitrogen and oxygen atoms in total. The second kappa shape index (κ2) is 3.28. The molecule has 0 radical (unpaired) electrons. The summed E-state index contributed by atoms with van der Waals surface area (Å²) >= 11 is 0. The molecule has 0 unspecified atom stereocenters. The normalized spacial score (nSPS) is 18.8. The topological polar surface area (TPSA) is 9.23 Å². The van der Waals surface area contributed by atoms with Crippen molar-refractivity contribution in [2.75, 3.05) is 27.7 Å². The fraction of sp³-hybridized carbons (Fsp3) is 0.500. The smallest absolute Gasteiger partial charge is 0.135 e. The van der Waals surface area contributed by atoms with Gasteiger partial charge in [-0.05, 0) is 18.6 Å². The summed E-state index contributed by atoms with van der Waals surface area (Å²) in [7, 11) is 6.26. The third-order valence-electron chi connectivity index (χ3n) is 3.10. The molecule has 0 atom stereocenters. The van der Waals surface area contributed by atoms with E-state index in [9.17, 15) is 0 Å². The summed E-state index contributed by atoms with van der Waals surface area (Å²) < 4.78 is 6.24. The van der Waals surface area contributed by atoms with Gasteiger partial charge in [-0.25, -0.2) is 0 Å². The predicted octanol–water partition coefficient (Wildman–Crippen LogP) is 2.21. The second-order valence-electron chi connectivity index (χ2n) is 4.51. The SMILES string of the molecule is COc1ccc2c(c1)CCC[N+]2(C)C. The molecule has 0 N–H and O–H groups in total. The van der Waals surface area contributed by atoms with Crippen LogP contribution in [0.1, 0.15) is 12.0 Å². The number of benzene rings is 1. The highest BCUT2D eigenvalue weighted by atomic mass is 16.5. The fourth-order valence-electron chi connectivity index (χ4n) is 2.26. The van der Waals surface area contributed by atoms with Crippen LogP contribution in [0.25, 0.3) is 0 Å². The first-order chi connectivity index (χ1) is 6.63. The molecular formula is C12H18NO+. The Morgan fingerprint density at radius 3 is 2.79 bits per heavy atom. The van der Waals surface area contributed by atoms with Gasteiger partial charge in [0.25, 0.3) is 0 Å². The first-order valence-corrected chi connectivity index (χ1v) is 5.14. The van der Waals surface area contributed by atoms with Crippen LogP contribution in [0.4, 0.5) is 5.69 Å². The standard InChI is InChI=1S/C12H18NO/c1-13(2)8-4-5-10-9-11(14-3)6-7-12(10)13/h6-7,9H,4-5,8H2,1-3H3/q+1. The molecular weight excluding hydrogens is 174 g/mol. The number of rotatable bonds is 1. The Kier molecular flexibility index (Phi) is 2.23. The summed E-state index contributed by atoms with van der Waals surface area (Å²) in [6.45, 7) is 1.24. The molecule has 1 heterocycles. The third kappa shape index (κ3) is 1.50. The highest BCUT2D eigenvalue weighted by molar-refractivity contribution is 5.54. The number of hydrogen-bond donors (Lipinski definition) is 0. The second-order valence-corrected chi connectivity index (χ2v) is 4.51. The molecule has 0 fully saturated rings. The van der Waals surface area contributed by atoms with Crippen LogP contribution in [-0.4, -0.2) is 27.7 Å². The molecule has 2 heteroatoms. The van der Waals surface area contributed by atoms with Crippen LogP contribution in [0.2, 0.25) is 0 Å². The minimum atomic E-state index is 0.977. The first-order valence-electron chi connectivity index (χ1n) is 5.14. The van der Waals surface area contributed by atoms with E-state index >= 15 is 0 Å². The van der Waals surface area contributed by atoms with Crippen molar-refractivity contribution in [3.8, 4) is 5.75 Å². The van der Waals surface area contributed by atoms with Crippen molar-refractivity contribution >= 4 is 5.69 Å². The quantitative estimate of drug-likeness (QED) is 0.620. The number of ether oxygens (including phenoxy) is 1. The van der Waals surface area contributed by atoms with E-state index in [-0.39, 0.29) is 0 Å². The van der Waals surface area contributed by atoms with E-state index < -0.39 is 0 Å². The maximum absolute atomic E-state index is 5.24. The molecule has 0 bridgehead atoms. The van der Waals surface area contributed by atoms with Crippen molar-refractivity contribution < 1.29 is 4.74 Å². The highest BCUT2D eigenvalue weighted by Gasteiger charge is 2.26. The summed E-state index contributed by atoms with van der Waals surface area (Å²) in [4.78, 5) is 0. The fourth-order valence-corrected chi connectivity index (χ4v) is 2.26. The molecule has 0 saturated carbocycles. The van der Waals surface area contributed by atoms with Gasteiger partial charge in [0.15, 0.2) is 0 Å². The van der Waals surface area contributed by atoms with Crippen LogP contribution in [-0.2, 0) is 6.42 Å². The van der Waals surface area contributed by atoms with Gasteiger partial charge in [-0.1, -0.05) is 0 Å². The Bertz CT molecular complexity index is 344. The van der Waals surface area contributed by atoms with Crippen LogP contribution >= 0.6 is 0 Å². The van der Waals surface area contributed by atoms with Crippen LogP contribution in [0.5, 0.6) is 5.75 Å². The molecule has 0 aliphatic carbocycles. The molecule has 2 rings (SSSR count). The van der Waals surface area contributed by atoms with Crippen LogP contribution in [0.15, 0.2) is 18.2 Å². The molecule has 1 aromatic rings. The molecule has 0 amide bonds. The number of hydrogen-bond acceptors (Lipinski definition) is 1. The Morgan fingerprint density at radius 2 is 2.07 bits per heavy atom. The van der Waals surface area contributed by atoms with Gasteiger partial charge in [-0.15, -0.1) is 0 Å². The third-order valence-corrected chi connectivity index (χ3v) is 3.10. The molecule has 1 aromatic carbocycles. The molecule has 0 spiro atoms. The largest absolute Gasteiger partial charge is 0.497 e. The first kappa shape index (κ1) is 9.53. The molecule has 14 heavy (non-hydrogen) atoms. The zero-order valence-corrected chi connectivity index (χ0v) is 9.21. The van der Waals surface area contributed by atoms with E-state index in [1.54, 1.807) is 7.11 Å². The molecule has 1 aliphatic rings. The van der Waals surface area contributed by atoms with E-state index in [2.05, 4.69) is 32.3 Å². The zero-order chi connectivity index (χ0) is 10.2. The van der Waals surface area contributed by atoms with Crippen molar-refractivity contribution in [3.63, 3.8) is 0 Å². The van der Waals surface area contributed by atoms with Crippen molar-refractivity contribution in [2.45, 2.75) is 12.8 Å². The van der Waals surface area contributed by atoms with E-state index in [0.29, 0.717) is 0 Å². The number of nitrogens with zero attached hydrogens (tertiary/aromatic N) is 1. The number of methoxy groups -OCH3 is 1. The lowest BCUT2D eigenvalue weighted by Gasteiger charge is -2.34. The summed E-state index contributed by atoms with van der Waals surface area (Å²) in [5.74, 6) is 0.977. The van der Waals surface area contributed by atoms with Crippen LogP contribution in [0, 0.1) is 0 Å². The summed E-state index contributed by atoms with van der Waals surface area (Å²) in [6, 6.07) is 6.44. The predicted molar refractivity (Wildman–Crippen MR) is 59.8 cm³/mol. The van der Waals surface area contributed by atoms with Gasteiger partial charge >= 0.3 is 0 Å². The Labute approximate surface area is 85.7 Å². The lowest BCUT2D eigenvalue weighted by Crippen LogP contribution is -2.44. The average molecular weight is 192 g/mol. The van der Waals surface area contributed by atoms with Gasteiger partial charge in [0.2, 0.25) is 0 Å². The van der Waals surface area contributed by atoms with Gasteiger partial charge in [0.05, 0.1) is 27.7 Å². The number of aryl methyl sites for hydroxylation is 1. The minimum Gasteiger partial charge on any atom is -0.497 e.